The average Bonchev–Trinajstić information content (AvgIpc) is 2.65. The summed E-state index contributed by atoms with van der Waals surface area (Å²) in [5, 5.41) is 9.86. The molecule has 0 amide bonds. The third-order valence-corrected chi connectivity index (χ3v) is 6.09. The molecule has 0 heterocycles. The fraction of sp³-hybridized carbons (Fsp3) is 0.526. The van der Waals surface area contributed by atoms with E-state index in [0.29, 0.717) is 29.8 Å². The minimum atomic E-state index is -0.104. The number of rotatable bonds is 0. The fourth-order valence-electron chi connectivity index (χ4n) is 4.90. The van der Waals surface area contributed by atoms with E-state index >= 15 is 0 Å². The lowest BCUT2D eigenvalue weighted by molar-refractivity contribution is -0.127. The molecule has 0 spiro atoms. The summed E-state index contributed by atoms with van der Waals surface area (Å²) in [5.74, 6) is 1.86. The number of aliphatic hydroxyl groups is 1. The monoisotopic (exact) mass is 282 g/mol. The number of carbonyl (C=O) groups is 1. The molecule has 0 aromatic carbocycles. The third-order valence-electron chi connectivity index (χ3n) is 6.09. The molecule has 0 bridgehead atoms. The fourth-order valence-corrected chi connectivity index (χ4v) is 4.90. The molecule has 3 atom stereocenters. The second-order valence-electron chi connectivity index (χ2n) is 7.15. The second-order valence-corrected chi connectivity index (χ2v) is 7.15. The van der Waals surface area contributed by atoms with Gasteiger partial charge in [-0.2, -0.15) is 0 Å². The summed E-state index contributed by atoms with van der Waals surface area (Å²) in [7, 11) is 0. The summed E-state index contributed by atoms with van der Waals surface area (Å²) < 4.78 is 0. The first-order chi connectivity index (χ1) is 10.1. The van der Waals surface area contributed by atoms with Crippen LogP contribution in [0, 0.1) is 17.3 Å². The van der Waals surface area contributed by atoms with Crippen molar-refractivity contribution in [2.45, 2.75) is 45.4 Å². The van der Waals surface area contributed by atoms with Crippen molar-refractivity contribution in [2.24, 2.45) is 17.3 Å². The Kier molecular flexibility index (Phi) is 2.79. The molecule has 0 aromatic rings. The number of Topliss-reactive ketones (excluding diaryl/α,β-unsaturated/α-hetero) is 1. The van der Waals surface area contributed by atoms with Crippen LogP contribution in [0.25, 0.3) is 0 Å². The second kappa shape index (κ2) is 4.46. The summed E-state index contributed by atoms with van der Waals surface area (Å²) in [5.41, 5.74) is 4.06. The average molecular weight is 282 g/mol. The smallest absolute Gasteiger partial charge is 0.139 e. The Morgan fingerprint density at radius 2 is 2.14 bits per heavy atom. The van der Waals surface area contributed by atoms with E-state index in [9.17, 15) is 9.90 Å². The maximum atomic E-state index is 12.3. The molecule has 3 unspecified atom stereocenters. The normalized spacial score (nSPS) is 38.2. The Labute approximate surface area is 125 Å². The van der Waals surface area contributed by atoms with Gasteiger partial charge in [-0.25, -0.2) is 0 Å². The zero-order valence-electron chi connectivity index (χ0n) is 12.6. The van der Waals surface area contributed by atoms with Crippen molar-refractivity contribution < 1.29 is 9.90 Å². The van der Waals surface area contributed by atoms with Crippen molar-refractivity contribution in [3.8, 4) is 0 Å². The van der Waals surface area contributed by atoms with Crippen molar-refractivity contribution in [1.29, 1.82) is 0 Å². The Morgan fingerprint density at radius 1 is 1.29 bits per heavy atom. The third kappa shape index (κ3) is 1.81. The number of hydrogen-bond acceptors (Lipinski definition) is 2. The van der Waals surface area contributed by atoms with Crippen LogP contribution in [-0.4, -0.2) is 10.9 Å². The summed E-state index contributed by atoms with van der Waals surface area (Å²) >= 11 is 0. The van der Waals surface area contributed by atoms with Crippen LogP contribution in [0.1, 0.15) is 45.4 Å². The molecule has 4 rings (SSSR count). The predicted molar refractivity (Wildman–Crippen MR) is 82.8 cm³/mol. The maximum Gasteiger partial charge on any atom is 0.139 e. The van der Waals surface area contributed by atoms with E-state index in [-0.39, 0.29) is 5.41 Å². The van der Waals surface area contributed by atoms with Crippen molar-refractivity contribution in [2.75, 3.05) is 0 Å². The molecule has 0 radical (unpaired) electrons. The van der Waals surface area contributed by atoms with E-state index in [0.717, 1.165) is 32.1 Å². The molecule has 1 N–H and O–H groups in total. The highest BCUT2D eigenvalue weighted by Gasteiger charge is 2.52. The van der Waals surface area contributed by atoms with Gasteiger partial charge in [0, 0.05) is 24.2 Å². The molecular formula is C19H22O2. The van der Waals surface area contributed by atoms with Crippen LogP contribution < -0.4 is 0 Å². The van der Waals surface area contributed by atoms with Crippen LogP contribution in [0.4, 0.5) is 0 Å². The molecule has 2 heteroatoms. The van der Waals surface area contributed by atoms with Gasteiger partial charge in [-0.1, -0.05) is 30.7 Å². The van der Waals surface area contributed by atoms with E-state index < -0.39 is 0 Å². The van der Waals surface area contributed by atoms with E-state index in [4.69, 9.17) is 0 Å². The number of allylic oxidation sites excluding steroid dienone is 7. The van der Waals surface area contributed by atoms with Crippen LogP contribution in [0.15, 0.2) is 46.8 Å². The van der Waals surface area contributed by atoms with Gasteiger partial charge in [-0.05, 0) is 48.8 Å². The molecule has 0 aliphatic heterocycles. The minimum absolute atomic E-state index is 0.104. The predicted octanol–water partition coefficient (Wildman–Crippen LogP) is 4.41. The largest absolute Gasteiger partial charge is 0.512 e. The van der Waals surface area contributed by atoms with Crippen LogP contribution >= 0.6 is 0 Å². The lowest BCUT2D eigenvalue weighted by Crippen LogP contribution is -2.38. The van der Waals surface area contributed by atoms with Crippen LogP contribution in [-0.2, 0) is 4.79 Å². The number of ketones is 1. The van der Waals surface area contributed by atoms with E-state index in [1.54, 1.807) is 0 Å². The number of hydrogen-bond donors (Lipinski definition) is 1. The number of fused-ring (bicyclic) bond motifs is 4. The maximum absolute atomic E-state index is 12.3. The van der Waals surface area contributed by atoms with Gasteiger partial charge < -0.3 is 5.11 Å². The molecule has 2 fully saturated rings. The summed E-state index contributed by atoms with van der Waals surface area (Å²) in [6, 6.07) is 0. The highest BCUT2D eigenvalue weighted by atomic mass is 16.3. The zero-order chi connectivity index (χ0) is 14.6. The van der Waals surface area contributed by atoms with Gasteiger partial charge in [0.2, 0.25) is 0 Å². The highest BCUT2D eigenvalue weighted by molar-refractivity contribution is 5.88. The van der Waals surface area contributed by atoms with Gasteiger partial charge in [0.1, 0.15) is 5.78 Å². The molecule has 110 valence electrons. The molecule has 0 aromatic heterocycles. The Bertz CT molecular complexity index is 632. The standard InChI is InChI=1S/C19H22O2/c1-19-10-9-15-14-4-2-3-13(20)11-12(14)5-6-16(15)17(19)7-8-18(19)21/h2,4,6,11,15,17,20H,3,5,7-10H2,1H3. The SMILES string of the molecule is CC12CCC3C(=CCC4=C3C=CCC(O)=C4)C1CCC2=O. The lowest BCUT2D eigenvalue weighted by atomic mass is 9.60. The first-order valence-corrected chi connectivity index (χ1v) is 8.12. The van der Waals surface area contributed by atoms with Crippen molar-refractivity contribution >= 4 is 5.78 Å². The van der Waals surface area contributed by atoms with Gasteiger partial charge in [0.05, 0.1) is 5.76 Å². The molecule has 21 heavy (non-hydrogen) atoms. The Balaban J connectivity index is 1.74. The topological polar surface area (TPSA) is 37.3 Å². The van der Waals surface area contributed by atoms with Gasteiger partial charge in [-0.3, -0.25) is 4.79 Å². The Morgan fingerprint density at radius 3 is 3.00 bits per heavy atom. The van der Waals surface area contributed by atoms with E-state index in [2.05, 4.69) is 25.2 Å². The van der Waals surface area contributed by atoms with Crippen molar-refractivity contribution in [3.05, 3.63) is 46.8 Å². The molecule has 2 nitrogen and oxygen atoms in total. The van der Waals surface area contributed by atoms with Crippen LogP contribution in [0.5, 0.6) is 0 Å². The number of aliphatic hydroxyl groups excluding tert-OH is 1. The van der Waals surface area contributed by atoms with Gasteiger partial charge in [0.25, 0.3) is 0 Å². The van der Waals surface area contributed by atoms with Crippen molar-refractivity contribution in [1.82, 2.24) is 0 Å². The first kappa shape index (κ1) is 13.1. The van der Waals surface area contributed by atoms with Crippen LogP contribution in [0.2, 0.25) is 0 Å². The highest BCUT2D eigenvalue weighted by Crippen LogP contribution is 2.57. The van der Waals surface area contributed by atoms with E-state index in [1.807, 2.05) is 6.08 Å². The zero-order valence-corrected chi connectivity index (χ0v) is 12.6. The van der Waals surface area contributed by atoms with Gasteiger partial charge in [-0.15, -0.1) is 0 Å². The molecule has 4 aliphatic rings. The number of carbonyl (C=O) groups excluding carboxylic acids is 1. The Hall–Kier alpha value is -1.57. The summed E-state index contributed by atoms with van der Waals surface area (Å²) in [6.45, 7) is 2.18. The van der Waals surface area contributed by atoms with E-state index in [1.165, 1.54) is 16.7 Å². The first-order valence-electron chi connectivity index (χ1n) is 8.12. The van der Waals surface area contributed by atoms with Crippen molar-refractivity contribution in [3.63, 3.8) is 0 Å². The van der Waals surface area contributed by atoms with Gasteiger partial charge >= 0.3 is 0 Å². The molecular weight excluding hydrogens is 260 g/mol. The van der Waals surface area contributed by atoms with Crippen LogP contribution in [0.3, 0.4) is 0 Å². The summed E-state index contributed by atoms with van der Waals surface area (Å²) in [6.07, 6.45) is 14.0. The molecule has 0 saturated heterocycles. The summed E-state index contributed by atoms with van der Waals surface area (Å²) in [4.78, 5) is 12.3. The quantitative estimate of drug-likeness (QED) is 0.668. The minimum Gasteiger partial charge on any atom is -0.512 e. The molecule has 4 aliphatic carbocycles. The lowest BCUT2D eigenvalue weighted by Gasteiger charge is -2.43. The van der Waals surface area contributed by atoms with Gasteiger partial charge in [0.15, 0.2) is 0 Å². The molecule has 2 saturated carbocycles.